The summed E-state index contributed by atoms with van der Waals surface area (Å²) in [5.74, 6) is -1.15. The Morgan fingerprint density at radius 2 is 1.70 bits per heavy atom. The molecular formula is C22H23NO4. The lowest BCUT2D eigenvalue weighted by Crippen LogP contribution is -2.30. The van der Waals surface area contributed by atoms with E-state index < -0.39 is 18.0 Å². The van der Waals surface area contributed by atoms with Gasteiger partial charge in [-0.15, -0.1) is 0 Å². The largest absolute Gasteiger partial charge is 0.449 e. The topological polar surface area (TPSA) is 72.5 Å². The van der Waals surface area contributed by atoms with Gasteiger partial charge in [0.2, 0.25) is 0 Å². The number of ketones is 1. The normalized spacial score (nSPS) is 14.0. The number of benzene rings is 2. The van der Waals surface area contributed by atoms with Crippen molar-refractivity contribution in [3.63, 3.8) is 0 Å². The summed E-state index contributed by atoms with van der Waals surface area (Å²) in [6, 6.07) is 12.3. The Balaban J connectivity index is 1.66. The summed E-state index contributed by atoms with van der Waals surface area (Å²) < 4.78 is 5.33. The first-order valence-electron chi connectivity index (χ1n) is 9.19. The van der Waals surface area contributed by atoms with Crippen molar-refractivity contribution in [2.24, 2.45) is 0 Å². The summed E-state index contributed by atoms with van der Waals surface area (Å²) in [6.07, 6.45) is 3.33. The van der Waals surface area contributed by atoms with Crippen molar-refractivity contribution in [3.05, 3.63) is 64.7 Å². The molecule has 0 saturated heterocycles. The summed E-state index contributed by atoms with van der Waals surface area (Å²) >= 11 is 0. The van der Waals surface area contributed by atoms with E-state index in [0.29, 0.717) is 16.8 Å². The van der Waals surface area contributed by atoms with Gasteiger partial charge in [0.25, 0.3) is 5.91 Å². The number of esters is 1. The predicted octanol–water partition coefficient (Wildman–Crippen LogP) is 3.95. The van der Waals surface area contributed by atoms with E-state index >= 15 is 0 Å². The lowest BCUT2D eigenvalue weighted by molar-refractivity contribution is -0.123. The highest BCUT2D eigenvalue weighted by molar-refractivity contribution is 6.05. The number of fused-ring (bicyclic) bond motifs is 1. The summed E-state index contributed by atoms with van der Waals surface area (Å²) in [5, 5.41) is 2.66. The van der Waals surface area contributed by atoms with Crippen molar-refractivity contribution in [1.29, 1.82) is 0 Å². The Morgan fingerprint density at radius 1 is 1.00 bits per heavy atom. The Labute approximate surface area is 158 Å². The van der Waals surface area contributed by atoms with Crippen molar-refractivity contribution in [1.82, 2.24) is 0 Å². The maximum atomic E-state index is 12.4. The van der Waals surface area contributed by atoms with Crippen molar-refractivity contribution < 1.29 is 19.1 Å². The predicted molar refractivity (Wildman–Crippen MR) is 103 cm³/mol. The molecule has 2 aromatic rings. The van der Waals surface area contributed by atoms with Gasteiger partial charge < -0.3 is 10.1 Å². The van der Waals surface area contributed by atoms with Crippen molar-refractivity contribution >= 4 is 23.3 Å². The molecule has 0 unspecified atom stereocenters. The zero-order valence-corrected chi connectivity index (χ0v) is 15.6. The minimum absolute atomic E-state index is 0.149. The van der Waals surface area contributed by atoms with Gasteiger partial charge in [0, 0.05) is 5.56 Å². The highest BCUT2D eigenvalue weighted by Crippen LogP contribution is 2.23. The van der Waals surface area contributed by atoms with E-state index in [0.717, 1.165) is 19.3 Å². The number of para-hydroxylation sites is 1. The number of rotatable bonds is 5. The van der Waals surface area contributed by atoms with Gasteiger partial charge >= 0.3 is 5.97 Å². The molecule has 0 aliphatic heterocycles. The maximum absolute atomic E-state index is 12.4. The highest BCUT2D eigenvalue weighted by atomic mass is 16.5. The molecule has 0 bridgehead atoms. The molecule has 0 aromatic heterocycles. The monoisotopic (exact) mass is 365 g/mol. The average Bonchev–Trinajstić information content (AvgIpc) is 2.67. The smallest absolute Gasteiger partial charge is 0.338 e. The maximum Gasteiger partial charge on any atom is 0.338 e. The number of amides is 1. The molecule has 5 nitrogen and oxygen atoms in total. The van der Waals surface area contributed by atoms with Crippen LogP contribution in [0.15, 0.2) is 42.5 Å². The van der Waals surface area contributed by atoms with Crippen LogP contribution in [-0.2, 0) is 22.4 Å². The first-order valence-corrected chi connectivity index (χ1v) is 9.19. The van der Waals surface area contributed by atoms with E-state index in [1.807, 2.05) is 12.1 Å². The quantitative estimate of drug-likeness (QED) is 0.643. The summed E-state index contributed by atoms with van der Waals surface area (Å²) in [7, 11) is 0. The van der Waals surface area contributed by atoms with E-state index in [2.05, 4.69) is 5.32 Å². The third-order valence-electron chi connectivity index (χ3n) is 4.80. The second kappa shape index (κ2) is 8.16. The lowest BCUT2D eigenvalue weighted by Gasteiger charge is -2.18. The fourth-order valence-corrected chi connectivity index (χ4v) is 3.28. The molecule has 1 N–H and O–H groups in total. The minimum atomic E-state index is -0.978. The Morgan fingerprint density at radius 3 is 2.44 bits per heavy atom. The number of carbonyl (C=O) groups is 3. The van der Waals surface area contributed by atoms with Gasteiger partial charge in [-0.1, -0.05) is 18.2 Å². The number of hydrogen-bond donors (Lipinski definition) is 1. The number of Topliss-reactive ketones (excluding diaryl/α,β-unsaturated/α-hetero) is 1. The molecule has 1 atom stereocenters. The van der Waals surface area contributed by atoms with Gasteiger partial charge in [0.1, 0.15) is 0 Å². The molecule has 2 aromatic carbocycles. The molecule has 0 heterocycles. The molecule has 3 rings (SSSR count). The van der Waals surface area contributed by atoms with Crippen LogP contribution in [0.2, 0.25) is 0 Å². The fourth-order valence-electron chi connectivity index (χ4n) is 3.28. The number of aryl methyl sites for hydroxylation is 2. The second-order valence-electron chi connectivity index (χ2n) is 6.83. The van der Waals surface area contributed by atoms with Crippen LogP contribution in [0.25, 0.3) is 0 Å². The zero-order chi connectivity index (χ0) is 19.4. The third kappa shape index (κ3) is 4.42. The Bertz CT molecular complexity index is 888. The average molecular weight is 365 g/mol. The van der Waals surface area contributed by atoms with Crippen LogP contribution in [0.3, 0.4) is 0 Å². The van der Waals surface area contributed by atoms with Crippen molar-refractivity contribution in [3.8, 4) is 0 Å². The third-order valence-corrected chi connectivity index (χ3v) is 4.80. The fraction of sp³-hybridized carbons (Fsp3) is 0.318. The van der Waals surface area contributed by atoms with Crippen LogP contribution in [0.4, 0.5) is 5.69 Å². The standard InChI is InChI=1S/C22H23NO4/c1-14(24)19-9-5-6-10-20(19)23-21(25)15(2)27-22(26)18-12-11-16-7-3-4-8-17(16)13-18/h5-6,9-13,15H,3-4,7-8H2,1-2H3,(H,23,25)/t15-/m1/s1. The minimum Gasteiger partial charge on any atom is -0.449 e. The van der Waals surface area contributed by atoms with E-state index in [4.69, 9.17) is 4.74 Å². The first kappa shape index (κ1) is 18.8. The van der Waals surface area contributed by atoms with E-state index in [9.17, 15) is 14.4 Å². The van der Waals surface area contributed by atoms with E-state index in [1.54, 1.807) is 30.3 Å². The van der Waals surface area contributed by atoms with E-state index in [-0.39, 0.29) is 5.78 Å². The van der Waals surface area contributed by atoms with E-state index in [1.165, 1.54) is 31.4 Å². The Hall–Kier alpha value is -2.95. The van der Waals surface area contributed by atoms with Gasteiger partial charge in [0.05, 0.1) is 11.3 Å². The molecule has 5 heteroatoms. The van der Waals surface area contributed by atoms with Crippen LogP contribution < -0.4 is 5.32 Å². The molecule has 0 fully saturated rings. The van der Waals surface area contributed by atoms with Crippen LogP contribution in [0.5, 0.6) is 0 Å². The molecule has 0 radical (unpaired) electrons. The number of ether oxygens (including phenoxy) is 1. The number of hydrogen-bond acceptors (Lipinski definition) is 4. The van der Waals surface area contributed by atoms with Crippen molar-refractivity contribution in [2.75, 3.05) is 5.32 Å². The number of carbonyl (C=O) groups excluding carboxylic acids is 3. The summed E-state index contributed by atoms with van der Waals surface area (Å²) in [5.41, 5.74) is 3.75. The van der Waals surface area contributed by atoms with Gasteiger partial charge in [-0.3, -0.25) is 9.59 Å². The molecule has 140 valence electrons. The van der Waals surface area contributed by atoms with Gasteiger partial charge in [-0.2, -0.15) is 0 Å². The highest BCUT2D eigenvalue weighted by Gasteiger charge is 2.21. The SMILES string of the molecule is CC(=O)c1ccccc1NC(=O)[C@@H](C)OC(=O)c1ccc2c(c1)CCCC2. The number of nitrogens with one attached hydrogen (secondary N) is 1. The van der Waals surface area contributed by atoms with Gasteiger partial charge in [-0.25, -0.2) is 4.79 Å². The molecule has 27 heavy (non-hydrogen) atoms. The van der Waals surface area contributed by atoms with Crippen LogP contribution in [0.1, 0.15) is 58.5 Å². The van der Waals surface area contributed by atoms with Crippen LogP contribution in [-0.4, -0.2) is 23.8 Å². The molecule has 1 aliphatic carbocycles. The van der Waals surface area contributed by atoms with Crippen LogP contribution in [0, 0.1) is 0 Å². The molecule has 0 saturated carbocycles. The zero-order valence-electron chi connectivity index (χ0n) is 15.6. The van der Waals surface area contributed by atoms with Crippen LogP contribution >= 0.6 is 0 Å². The molecule has 1 aliphatic rings. The second-order valence-corrected chi connectivity index (χ2v) is 6.83. The van der Waals surface area contributed by atoms with Gasteiger partial charge in [-0.05, 0) is 74.9 Å². The summed E-state index contributed by atoms with van der Waals surface area (Å²) in [4.78, 5) is 36.5. The van der Waals surface area contributed by atoms with Crippen molar-refractivity contribution in [2.45, 2.75) is 45.6 Å². The molecular weight excluding hydrogens is 342 g/mol. The molecule has 0 spiro atoms. The number of anilines is 1. The molecule has 1 amide bonds. The lowest BCUT2D eigenvalue weighted by atomic mass is 9.90. The Kier molecular flexibility index (Phi) is 5.69. The summed E-state index contributed by atoms with van der Waals surface area (Å²) in [6.45, 7) is 2.95. The first-order chi connectivity index (χ1) is 13.0. The van der Waals surface area contributed by atoms with Gasteiger partial charge in [0.15, 0.2) is 11.9 Å².